The Labute approximate surface area is 304 Å². The molecule has 1 saturated carbocycles. The second kappa shape index (κ2) is 12.0. The smallest absolute Gasteiger partial charge is 0.252 e. The number of ether oxygens (including phenoxy) is 2. The number of phenols is 1. The predicted molar refractivity (Wildman–Crippen MR) is 198 cm³/mol. The average Bonchev–Trinajstić information content (AvgIpc) is 3.69. The van der Waals surface area contributed by atoms with E-state index in [9.17, 15) is 9.90 Å². The van der Waals surface area contributed by atoms with Crippen LogP contribution in [0.5, 0.6) is 17.2 Å². The number of hydrogen-bond acceptors (Lipinski definition) is 6. The van der Waals surface area contributed by atoms with Crippen molar-refractivity contribution in [2.45, 2.75) is 62.3 Å². The second-order valence-corrected chi connectivity index (χ2v) is 16.6. The Bertz CT molecular complexity index is 2060. The van der Waals surface area contributed by atoms with Gasteiger partial charge in [-0.15, -0.1) is 0 Å². The van der Waals surface area contributed by atoms with Crippen LogP contribution in [0.2, 0.25) is 0 Å². The molecule has 2 saturated heterocycles. The number of methoxy groups -OCH3 is 1. The maximum atomic E-state index is 16.3. The molecule has 52 heavy (non-hydrogen) atoms. The lowest BCUT2D eigenvalue weighted by Gasteiger charge is -2.60. The Morgan fingerprint density at radius 1 is 1.00 bits per heavy atom. The summed E-state index contributed by atoms with van der Waals surface area (Å²) in [5.74, 6) is 2.56. The highest BCUT2D eigenvalue weighted by Gasteiger charge is 2.53. The number of carbonyl (C=O) groups is 1. The molecule has 2 atom stereocenters. The lowest BCUT2D eigenvalue weighted by molar-refractivity contribution is -0.00418. The molecule has 10 rings (SSSR count). The molecule has 7 nitrogen and oxygen atoms in total. The number of nitrogens with one attached hydrogen (secondary N) is 1. The highest BCUT2D eigenvalue weighted by Crippen LogP contribution is 2.56. The molecule has 2 N–H and O–H groups in total. The van der Waals surface area contributed by atoms with Crippen molar-refractivity contribution < 1.29 is 23.8 Å². The van der Waals surface area contributed by atoms with E-state index in [-0.39, 0.29) is 40.1 Å². The SMILES string of the molecule is COc1cc(N2CC3(CC(CN4CCC5(CC4)COc4c5ccc5c4CNC5=O)C3)C2)c(F)cc1C1c2ccc(O)cc2CCC1c1ccccc1. The summed E-state index contributed by atoms with van der Waals surface area (Å²) >= 11 is 0. The summed E-state index contributed by atoms with van der Waals surface area (Å²) < 4.78 is 28.6. The number of hydrogen-bond donors (Lipinski definition) is 2. The Kier molecular flexibility index (Phi) is 7.40. The van der Waals surface area contributed by atoms with Crippen LogP contribution < -0.4 is 19.7 Å². The first kappa shape index (κ1) is 32.1. The summed E-state index contributed by atoms with van der Waals surface area (Å²) in [6.07, 6.45) is 6.35. The quantitative estimate of drug-likeness (QED) is 0.220. The molecule has 2 unspecified atom stereocenters. The summed E-state index contributed by atoms with van der Waals surface area (Å²) in [7, 11) is 1.69. The number of fused-ring (bicyclic) bond motifs is 5. The molecule has 0 radical (unpaired) electrons. The molecule has 6 aliphatic rings. The van der Waals surface area contributed by atoms with Crippen LogP contribution in [0.1, 0.15) is 87.7 Å². The van der Waals surface area contributed by atoms with Crippen LogP contribution in [0, 0.1) is 17.2 Å². The topological polar surface area (TPSA) is 74.3 Å². The second-order valence-electron chi connectivity index (χ2n) is 16.6. The van der Waals surface area contributed by atoms with Gasteiger partial charge in [0.25, 0.3) is 5.91 Å². The minimum atomic E-state index is -0.188. The number of phenolic OH excluding ortho intramolecular Hbond substituents is 1. The van der Waals surface area contributed by atoms with E-state index in [1.807, 2.05) is 30.3 Å². The van der Waals surface area contributed by atoms with Gasteiger partial charge in [-0.3, -0.25) is 4.79 Å². The van der Waals surface area contributed by atoms with Crippen molar-refractivity contribution in [3.05, 3.63) is 118 Å². The molecule has 8 heteroatoms. The zero-order valence-electron chi connectivity index (χ0n) is 29.8. The standard InChI is InChI=1S/C44H46FN3O4/c1-51-39-19-38(37(45)18-34(39)40-31(28-5-3-2-4-6-28)9-7-29-17-30(49)8-10-32(29)40)48-24-43(25-48)20-27(21-43)23-47-15-13-44(14-16-47)26-52-41-35-22-46-42(50)33(35)11-12-36(41)44/h2-6,8,10-12,17-19,27,31,40,49H,7,9,13-16,20-26H2,1H3,(H,46,50). The van der Waals surface area contributed by atoms with Crippen LogP contribution in [0.25, 0.3) is 0 Å². The zero-order chi connectivity index (χ0) is 35.2. The van der Waals surface area contributed by atoms with E-state index in [1.165, 1.54) is 24.0 Å². The van der Waals surface area contributed by atoms with Crippen LogP contribution in [0.4, 0.5) is 10.1 Å². The molecule has 1 amide bonds. The molecule has 2 spiro atoms. The number of likely N-dealkylation sites (tertiary alicyclic amines) is 1. The van der Waals surface area contributed by atoms with Gasteiger partial charge >= 0.3 is 0 Å². The Morgan fingerprint density at radius 2 is 1.81 bits per heavy atom. The number of halogens is 1. The van der Waals surface area contributed by atoms with Gasteiger partial charge in [-0.2, -0.15) is 0 Å². The number of benzene rings is 4. The van der Waals surface area contributed by atoms with Gasteiger partial charge in [-0.05, 0) is 104 Å². The number of carbonyl (C=O) groups excluding carboxylic acids is 1. The van der Waals surface area contributed by atoms with Gasteiger partial charge in [0.1, 0.15) is 23.1 Å². The Hall–Kier alpha value is -4.56. The molecule has 0 aromatic heterocycles. The first-order valence-electron chi connectivity index (χ1n) is 19.1. The number of rotatable bonds is 6. The lowest BCUT2D eigenvalue weighted by atomic mass is 9.57. The van der Waals surface area contributed by atoms with E-state index < -0.39 is 0 Å². The van der Waals surface area contributed by atoms with Crippen LogP contribution in [-0.2, 0) is 18.4 Å². The van der Waals surface area contributed by atoms with E-state index in [2.05, 4.69) is 45.4 Å². The summed E-state index contributed by atoms with van der Waals surface area (Å²) in [6, 6.07) is 24.0. The molecule has 3 fully saturated rings. The highest BCUT2D eigenvalue weighted by molar-refractivity contribution is 5.99. The van der Waals surface area contributed by atoms with Gasteiger partial charge in [0, 0.05) is 71.2 Å². The number of anilines is 1. The molecule has 4 aromatic rings. The van der Waals surface area contributed by atoms with Crippen molar-refractivity contribution in [3.63, 3.8) is 0 Å². The molecule has 4 heterocycles. The van der Waals surface area contributed by atoms with Crippen molar-refractivity contribution >= 4 is 11.6 Å². The van der Waals surface area contributed by atoms with E-state index >= 15 is 4.39 Å². The van der Waals surface area contributed by atoms with Gasteiger partial charge in [0.05, 0.1) is 19.4 Å². The van der Waals surface area contributed by atoms with Crippen molar-refractivity contribution in [2.75, 3.05) is 51.3 Å². The molecule has 0 bridgehead atoms. The number of aromatic hydroxyl groups is 1. The largest absolute Gasteiger partial charge is 0.508 e. The van der Waals surface area contributed by atoms with Crippen molar-refractivity contribution in [3.8, 4) is 17.2 Å². The summed E-state index contributed by atoms with van der Waals surface area (Å²) in [4.78, 5) is 17.0. The van der Waals surface area contributed by atoms with Crippen LogP contribution >= 0.6 is 0 Å². The first-order valence-corrected chi connectivity index (χ1v) is 19.1. The monoisotopic (exact) mass is 699 g/mol. The fourth-order valence-corrected chi connectivity index (χ4v) is 11.0. The fourth-order valence-electron chi connectivity index (χ4n) is 11.0. The van der Waals surface area contributed by atoms with Gasteiger partial charge in [0.15, 0.2) is 0 Å². The highest BCUT2D eigenvalue weighted by atomic mass is 19.1. The summed E-state index contributed by atoms with van der Waals surface area (Å²) in [6.45, 7) is 6.35. The zero-order valence-corrected chi connectivity index (χ0v) is 29.8. The first-order chi connectivity index (χ1) is 25.3. The molecule has 4 aromatic carbocycles. The third kappa shape index (κ3) is 5.04. The maximum Gasteiger partial charge on any atom is 0.252 e. The predicted octanol–water partition coefficient (Wildman–Crippen LogP) is 7.29. The van der Waals surface area contributed by atoms with Crippen LogP contribution in [-0.4, -0.2) is 62.4 Å². The average molecular weight is 700 g/mol. The summed E-state index contributed by atoms with van der Waals surface area (Å²) in [5.41, 5.74) is 8.46. The van der Waals surface area contributed by atoms with Gasteiger partial charge < -0.3 is 29.7 Å². The van der Waals surface area contributed by atoms with Gasteiger partial charge in [0.2, 0.25) is 0 Å². The third-order valence-electron chi connectivity index (χ3n) is 13.6. The minimum absolute atomic E-state index is 0.00861. The van der Waals surface area contributed by atoms with Gasteiger partial charge in [-0.1, -0.05) is 42.5 Å². The van der Waals surface area contributed by atoms with E-state index in [4.69, 9.17) is 9.47 Å². The normalized spacial score (nSPS) is 24.0. The van der Waals surface area contributed by atoms with Crippen molar-refractivity contribution in [1.29, 1.82) is 0 Å². The Morgan fingerprint density at radius 3 is 2.60 bits per heavy atom. The number of piperidine rings is 1. The van der Waals surface area contributed by atoms with Crippen LogP contribution in [0.15, 0.2) is 72.8 Å². The van der Waals surface area contributed by atoms with Gasteiger partial charge in [-0.25, -0.2) is 4.39 Å². The van der Waals surface area contributed by atoms with E-state index in [1.54, 1.807) is 19.2 Å². The fraction of sp³-hybridized carbons (Fsp3) is 0.432. The third-order valence-corrected chi connectivity index (χ3v) is 13.6. The molecule has 268 valence electrons. The summed E-state index contributed by atoms with van der Waals surface area (Å²) in [5, 5.41) is 13.2. The number of nitrogens with zero attached hydrogens (tertiary/aromatic N) is 2. The van der Waals surface area contributed by atoms with Crippen molar-refractivity contribution in [2.24, 2.45) is 11.3 Å². The van der Waals surface area contributed by atoms with E-state index in [0.717, 1.165) is 104 Å². The Balaban J connectivity index is 0.798. The van der Waals surface area contributed by atoms with Crippen LogP contribution in [0.3, 0.4) is 0 Å². The molecular formula is C44H46FN3O4. The lowest BCUT2D eigenvalue weighted by Crippen LogP contribution is -2.64. The van der Waals surface area contributed by atoms with E-state index in [0.29, 0.717) is 18.2 Å². The molecule has 4 aliphatic heterocycles. The maximum absolute atomic E-state index is 16.3. The van der Waals surface area contributed by atoms with Crippen molar-refractivity contribution in [1.82, 2.24) is 10.2 Å². The minimum Gasteiger partial charge on any atom is -0.508 e. The number of amides is 1. The molecular weight excluding hydrogens is 653 g/mol. The number of aryl methyl sites for hydroxylation is 1. The molecule has 2 aliphatic carbocycles.